The highest BCUT2D eigenvalue weighted by Gasteiger charge is 2.18. The summed E-state index contributed by atoms with van der Waals surface area (Å²) in [4.78, 5) is 18.3. The average Bonchev–Trinajstić information content (AvgIpc) is 3.01. The van der Waals surface area contributed by atoms with Crippen molar-refractivity contribution in [2.45, 2.75) is 25.7 Å². The molecule has 0 amide bonds. The Labute approximate surface area is 134 Å². The van der Waals surface area contributed by atoms with Gasteiger partial charge in [0.15, 0.2) is 5.82 Å². The van der Waals surface area contributed by atoms with Crippen LogP contribution in [0.2, 0.25) is 0 Å². The van der Waals surface area contributed by atoms with Crippen LogP contribution in [0, 0.1) is 0 Å². The van der Waals surface area contributed by atoms with Gasteiger partial charge in [-0.15, -0.1) is 0 Å². The molecule has 0 saturated carbocycles. The number of aromatic amines is 1. The Morgan fingerprint density at radius 1 is 1.17 bits per heavy atom. The molecule has 2 aliphatic rings. The van der Waals surface area contributed by atoms with Gasteiger partial charge < -0.3 is 15.0 Å². The first-order chi connectivity index (χ1) is 11.3. The van der Waals surface area contributed by atoms with Crippen molar-refractivity contribution in [3.8, 4) is 5.88 Å². The molecule has 4 rings (SSSR count). The average molecular weight is 309 g/mol. The molecule has 2 aliphatic heterocycles. The quantitative estimate of drug-likeness (QED) is 0.893. The number of pyridine rings is 1. The molecule has 4 heterocycles. The Balaban J connectivity index is 1.63. The summed E-state index contributed by atoms with van der Waals surface area (Å²) in [7, 11) is 0. The maximum atomic E-state index is 10.2. The van der Waals surface area contributed by atoms with Gasteiger partial charge in [-0.2, -0.15) is 4.98 Å². The Morgan fingerprint density at radius 3 is 2.83 bits per heavy atom. The monoisotopic (exact) mass is 309 g/mol. The van der Waals surface area contributed by atoms with Gasteiger partial charge in [-0.25, -0.2) is 9.98 Å². The lowest BCUT2D eigenvalue weighted by atomic mass is 10.1. The van der Waals surface area contributed by atoms with Crippen molar-refractivity contribution in [2.24, 2.45) is 4.99 Å². The number of H-pyrrole nitrogens is 1. The molecule has 23 heavy (non-hydrogen) atoms. The summed E-state index contributed by atoms with van der Waals surface area (Å²) in [6.45, 7) is 1.97. The van der Waals surface area contributed by atoms with E-state index in [1.165, 1.54) is 25.7 Å². The van der Waals surface area contributed by atoms with Crippen molar-refractivity contribution >= 4 is 29.6 Å². The molecular weight excluding hydrogens is 290 g/mol. The topological polar surface area (TPSA) is 77.4 Å². The molecule has 2 aromatic heterocycles. The lowest BCUT2D eigenvalue weighted by Crippen LogP contribution is -2.24. The van der Waals surface area contributed by atoms with E-state index in [0.29, 0.717) is 11.5 Å². The number of fused-ring (bicyclic) bond motifs is 1. The maximum Gasteiger partial charge on any atom is 0.238 e. The van der Waals surface area contributed by atoms with Crippen LogP contribution in [0.1, 0.15) is 36.9 Å². The molecule has 1 fully saturated rings. The normalized spacial score (nSPS) is 19.1. The highest BCUT2D eigenvalue weighted by atomic mass is 16.3. The fraction of sp³-hybridized carbons (Fsp3) is 0.353. The number of imidazole rings is 1. The van der Waals surface area contributed by atoms with E-state index in [-0.39, 0.29) is 5.88 Å². The minimum absolute atomic E-state index is 0.0301. The Morgan fingerprint density at radius 2 is 2.00 bits per heavy atom. The Hall–Kier alpha value is -2.63. The van der Waals surface area contributed by atoms with Crippen molar-refractivity contribution in [3.05, 3.63) is 29.6 Å². The number of aromatic nitrogens is 3. The third kappa shape index (κ3) is 2.72. The van der Waals surface area contributed by atoms with E-state index in [1.807, 2.05) is 18.2 Å². The number of allylic oxidation sites excluding steroid dienone is 1. The molecule has 0 bridgehead atoms. The first-order valence-corrected chi connectivity index (χ1v) is 8.06. The van der Waals surface area contributed by atoms with Gasteiger partial charge in [0.2, 0.25) is 11.8 Å². The summed E-state index contributed by atoms with van der Waals surface area (Å²) < 4.78 is 0. The molecule has 2 aromatic rings. The minimum Gasteiger partial charge on any atom is -0.492 e. The van der Waals surface area contributed by atoms with Crippen LogP contribution in [-0.2, 0) is 0 Å². The zero-order valence-corrected chi connectivity index (χ0v) is 12.9. The molecule has 1 saturated heterocycles. The van der Waals surface area contributed by atoms with Gasteiger partial charge in [-0.1, -0.05) is 12.8 Å². The van der Waals surface area contributed by atoms with E-state index < -0.39 is 0 Å². The first-order valence-electron chi connectivity index (χ1n) is 8.06. The third-order valence-corrected chi connectivity index (χ3v) is 4.33. The molecule has 0 spiro atoms. The lowest BCUT2D eigenvalue weighted by molar-refractivity contribution is 0.455. The lowest BCUT2D eigenvalue weighted by Gasteiger charge is -2.18. The summed E-state index contributed by atoms with van der Waals surface area (Å²) in [5.41, 5.74) is 2.51. The minimum atomic E-state index is 0.0301. The van der Waals surface area contributed by atoms with Gasteiger partial charge in [-0.05, 0) is 31.1 Å². The molecule has 118 valence electrons. The van der Waals surface area contributed by atoms with Crippen LogP contribution >= 0.6 is 0 Å². The van der Waals surface area contributed by atoms with Gasteiger partial charge in [0.25, 0.3) is 0 Å². The van der Waals surface area contributed by atoms with Gasteiger partial charge >= 0.3 is 0 Å². The van der Waals surface area contributed by atoms with Crippen LogP contribution in [0.25, 0.3) is 11.6 Å². The zero-order chi connectivity index (χ0) is 15.6. The second-order valence-corrected chi connectivity index (χ2v) is 5.93. The summed E-state index contributed by atoms with van der Waals surface area (Å²) >= 11 is 0. The van der Waals surface area contributed by atoms with E-state index in [1.54, 1.807) is 12.4 Å². The molecule has 0 atom stereocenters. The van der Waals surface area contributed by atoms with Gasteiger partial charge in [0.1, 0.15) is 5.69 Å². The Kier molecular flexibility index (Phi) is 3.57. The van der Waals surface area contributed by atoms with Crippen LogP contribution in [0.15, 0.2) is 23.3 Å². The molecule has 6 heteroatoms. The second-order valence-electron chi connectivity index (χ2n) is 5.93. The summed E-state index contributed by atoms with van der Waals surface area (Å²) in [5, 5.41) is 10.2. The number of aromatic hydroxyl groups is 1. The highest BCUT2D eigenvalue weighted by molar-refractivity contribution is 6.20. The predicted octanol–water partition coefficient (Wildman–Crippen LogP) is 3.15. The number of anilines is 1. The van der Waals surface area contributed by atoms with E-state index in [0.717, 1.165) is 30.2 Å². The first kappa shape index (κ1) is 14.0. The molecule has 2 N–H and O–H groups in total. The smallest absolute Gasteiger partial charge is 0.238 e. The van der Waals surface area contributed by atoms with Gasteiger partial charge in [0, 0.05) is 36.6 Å². The predicted molar refractivity (Wildman–Crippen MR) is 91.2 cm³/mol. The SMILES string of the molecule is Oc1nc(N2CCCCCC2)[nH]c1C=C1C=Nc2ncccc21. The largest absolute Gasteiger partial charge is 0.492 e. The van der Waals surface area contributed by atoms with Crippen molar-refractivity contribution in [1.29, 1.82) is 0 Å². The molecule has 0 radical (unpaired) electrons. The van der Waals surface area contributed by atoms with Crippen molar-refractivity contribution < 1.29 is 5.11 Å². The van der Waals surface area contributed by atoms with Crippen LogP contribution in [-0.4, -0.2) is 39.4 Å². The number of hydrogen-bond donors (Lipinski definition) is 2. The van der Waals surface area contributed by atoms with Crippen LogP contribution in [0.3, 0.4) is 0 Å². The van der Waals surface area contributed by atoms with E-state index in [9.17, 15) is 5.11 Å². The standard InChI is InChI=1S/C17H19N5O/c23-16-14(10-12-11-19-15-13(12)6-5-7-18-15)20-17(21-16)22-8-3-1-2-4-9-22/h5-7,10-11,23H,1-4,8-9H2,(H,20,21). The number of nitrogens with one attached hydrogen (secondary N) is 1. The maximum absolute atomic E-state index is 10.2. The van der Waals surface area contributed by atoms with Crippen LogP contribution in [0.5, 0.6) is 5.88 Å². The van der Waals surface area contributed by atoms with Crippen molar-refractivity contribution in [2.75, 3.05) is 18.0 Å². The van der Waals surface area contributed by atoms with Crippen LogP contribution in [0.4, 0.5) is 11.8 Å². The van der Waals surface area contributed by atoms with E-state index in [2.05, 4.69) is 24.8 Å². The molecule has 0 aliphatic carbocycles. The molecule has 6 nitrogen and oxygen atoms in total. The number of hydrogen-bond acceptors (Lipinski definition) is 5. The van der Waals surface area contributed by atoms with Gasteiger partial charge in [-0.3, -0.25) is 0 Å². The second kappa shape index (κ2) is 5.87. The highest BCUT2D eigenvalue weighted by Crippen LogP contribution is 2.32. The number of nitrogens with zero attached hydrogens (tertiary/aromatic N) is 4. The molecule has 0 aromatic carbocycles. The summed E-state index contributed by atoms with van der Waals surface area (Å²) in [6, 6.07) is 3.86. The van der Waals surface area contributed by atoms with E-state index >= 15 is 0 Å². The van der Waals surface area contributed by atoms with E-state index in [4.69, 9.17) is 0 Å². The number of aliphatic imine (C=N–C) groups is 1. The van der Waals surface area contributed by atoms with Crippen molar-refractivity contribution in [1.82, 2.24) is 15.0 Å². The summed E-state index contributed by atoms with van der Waals surface area (Å²) in [6.07, 6.45) is 10.2. The fourth-order valence-corrected chi connectivity index (χ4v) is 3.09. The van der Waals surface area contributed by atoms with Crippen LogP contribution < -0.4 is 4.90 Å². The molecule has 0 unspecified atom stereocenters. The van der Waals surface area contributed by atoms with Crippen molar-refractivity contribution in [3.63, 3.8) is 0 Å². The van der Waals surface area contributed by atoms with Gasteiger partial charge in [0.05, 0.1) is 0 Å². The summed E-state index contributed by atoms with van der Waals surface area (Å²) in [5.74, 6) is 1.49. The Bertz CT molecular complexity index is 769. The molecular formula is C17H19N5O. The third-order valence-electron chi connectivity index (χ3n) is 4.33. The fourth-order valence-electron chi connectivity index (χ4n) is 3.09. The number of rotatable bonds is 2. The zero-order valence-electron chi connectivity index (χ0n) is 12.9.